The fourth-order valence-electron chi connectivity index (χ4n) is 2.34. The van der Waals surface area contributed by atoms with E-state index in [2.05, 4.69) is 40.9 Å². The number of nitrogens with two attached hydrogens (primary N) is 1. The standard InChI is InChI=1S/C13H19N5.C4H5F3O/c1-15-18-7-3-4-12(13(18)16-10-14)11-5-8-17(2)9-6-11;5-4(6,7)2-1-3-8/h3-5,7H,1,6,8-10,14H2,2H3;3H,1-2H2/b16-13-;. The molecule has 0 aliphatic carbocycles. The largest absolute Gasteiger partial charge is 0.389 e. The Morgan fingerprint density at radius 3 is 2.62 bits per heavy atom. The zero-order chi connectivity index (χ0) is 19.6. The maximum absolute atomic E-state index is 11.1. The number of pyridine rings is 1. The third-order valence-corrected chi connectivity index (χ3v) is 3.65. The van der Waals surface area contributed by atoms with E-state index >= 15 is 0 Å². The van der Waals surface area contributed by atoms with Crippen molar-refractivity contribution >= 4 is 18.6 Å². The number of nitrogens with zero attached hydrogens (tertiary/aromatic N) is 4. The van der Waals surface area contributed by atoms with Crippen LogP contribution in [0.4, 0.5) is 13.2 Å². The molecule has 0 radical (unpaired) electrons. The van der Waals surface area contributed by atoms with Crippen molar-refractivity contribution in [3.05, 3.63) is 35.5 Å². The van der Waals surface area contributed by atoms with Crippen LogP contribution in [0.25, 0.3) is 5.57 Å². The second-order valence-electron chi connectivity index (χ2n) is 5.63. The molecule has 6 nitrogen and oxygen atoms in total. The molecule has 1 aliphatic rings. The molecule has 2 rings (SSSR count). The topological polar surface area (TPSA) is 76.0 Å². The Kier molecular flexibility index (Phi) is 8.94. The lowest BCUT2D eigenvalue weighted by molar-refractivity contribution is -0.139. The summed E-state index contributed by atoms with van der Waals surface area (Å²) in [5.74, 6) is 0. The number of rotatable bonds is 5. The molecule has 0 amide bonds. The normalized spacial score (nSPS) is 15.7. The van der Waals surface area contributed by atoms with Crippen LogP contribution in [0.15, 0.2) is 34.5 Å². The molecule has 0 atom stereocenters. The molecule has 0 spiro atoms. The first-order valence-corrected chi connectivity index (χ1v) is 8.10. The molecule has 1 aromatic rings. The zero-order valence-electron chi connectivity index (χ0n) is 14.7. The summed E-state index contributed by atoms with van der Waals surface area (Å²) in [7, 11) is 2.12. The Morgan fingerprint density at radius 2 is 2.15 bits per heavy atom. The molecule has 0 saturated heterocycles. The fraction of sp³-hybridized carbons (Fsp3) is 0.471. The molecule has 2 heterocycles. The number of likely N-dealkylation sites (N-methyl/N-ethyl adjacent to an activating group) is 1. The Labute approximate surface area is 150 Å². The third kappa shape index (κ3) is 7.32. The Balaban J connectivity index is 0.000000359. The lowest BCUT2D eigenvalue weighted by atomic mass is 10.0. The highest BCUT2D eigenvalue weighted by molar-refractivity contribution is 5.65. The van der Waals surface area contributed by atoms with E-state index in [9.17, 15) is 18.0 Å². The van der Waals surface area contributed by atoms with Crippen LogP contribution in [0.5, 0.6) is 0 Å². The number of halogens is 3. The summed E-state index contributed by atoms with van der Waals surface area (Å²) in [5.41, 5.74) is 8.72. The summed E-state index contributed by atoms with van der Waals surface area (Å²) in [5, 5.41) is 3.94. The van der Waals surface area contributed by atoms with Gasteiger partial charge in [-0.3, -0.25) is 4.99 Å². The smallest absolute Gasteiger partial charge is 0.312 e. The molecule has 9 heteroatoms. The monoisotopic (exact) mass is 371 g/mol. The van der Waals surface area contributed by atoms with E-state index in [1.54, 1.807) is 4.68 Å². The molecular formula is C17H24F3N5O. The second kappa shape index (κ2) is 10.7. The molecule has 26 heavy (non-hydrogen) atoms. The summed E-state index contributed by atoms with van der Waals surface area (Å²) in [6, 6.07) is 4.02. The van der Waals surface area contributed by atoms with Crippen molar-refractivity contribution in [3.63, 3.8) is 0 Å². The molecule has 0 saturated carbocycles. The first-order chi connectivity index (χ1) is 12.3. The molecule has 144 valence electrons. The maximum atomic E-state index is 11.1. The number of hydrogen-bond acceptors (Lipinski definition) is 5. The lowest BCUT2D eigenvalue weighted by Gasteiger charge is -2.22. The van der Waals surface area contributed by atoms with Crippen LogP contribution in [0.3, 0.4) is 0 Å². The molecular weight excluding hydrogens is 347 g/mol. The predicted molar refractivity (Wildman–Crippen MR) is 95.4 cm³/mol. The van der Waals surface area contributed by atoms with Gasteiger partial charge in [0.15, 0.2) is 5.49 Å². The summed E-state index contributed by atoms with van der Waals surface area (Å²) in [6.45, 7) is 5.83. The van der Waals surface area contributed by atoms with Crippen LogP contribution >= 0.6 is 0 Å². The lowest BCUT2D eigenvalue weighted by Crippen LogP contribution is -2.28. The number of carbonyl (C=O) groups excluding carboxylic acids is 1. The molecule has 2 N–H and O–H groups in total. The minimum atomic E-state index is -4.18. The second-order valence-corrected chi connectivity index (χ2v) is 5.63. The molecule has 0 fully saturated rings. The van der Waals surface area contributed by atoms with Crippen molar-refractivity contribution in [2.45, 2.75) is 25.4 Å². The van der Waals surface area contributed by atoms with Gasteiger partial charge in [-0.15, -0.1) is 0 Å². The van der Waals surface area contributed by atoms with Crippen LogP contribution in [-0.4, -0.2) is 55.6 Å². The van der Waals surface area contributed by atoms with Gasteiger partial charge in [-0.05, 0) is 31.2 Å². The van der Waals surface area contributed by atoms with Gasteiger partial charge >= 0.3 is 6.18 Å². The van der Waals surface area contributed by atoms with E-state index in [4.69, 9.17) is 5.73 Å². The number of aromatic nitrogens is 1. The average Bonchev–Trinajstić information content (AvgIpc) is 2.61. The average molecular weight is 371 g/mol. The van der Waals surface area contributed by atoms with Gasteiger partial charge in [0, 0.05) is 38.0 Å². The van der Waals surface area contributed by atoms with Crippen molar-refractivity contribution in [1.82, 2.24) is 9.58 Å². The third-order valence-electron chi connectivity index (χ3n) is 3.65. The van der Waals surface area contributed by atoms with E-state index in [0.717, 1.165) is 30.6 Å². The van der Waals surface area contributed by atoms with E-state index in [1.165, 1.54) is 5.57 Å². The Morgan fingerprint density at radius 1 is 1.42 bits per heavy atom. The van der Waals surface area contributed by atoms with E-state index in [0.29, 0.717) is 0 Å². The fourth-order valence-corrected chi connectivity index (χ4v) is 2.34. The zero-order valence-corrected chi connectivity index (χ0v) is 14.7. The summed E-state index contributed by atoms with van der Waals surface area (Å²) >= 11 is 0. The van der Waals surface area contributed by atoms with Gasteiger partial charge < -0.3 is 15.4 Å². The Hall–Kier alpha value is -2.26. The van der Waals surface area contributed by atoms with Crippen LogP contribution in [0.2, 0.25) is 0 Å². The van der Waals surface area contributed by atoms with Gasteiger partial charge in [0.25, 0.3) is 0 Å². The van der Waals surface area contributed by atoms with Crippen LogP contribution in [0, 0.1) is 0 Å². The number of hydrogen-bond donors (Lipinski definition) is 1. The minimum Gasteiger partial charge on any atom is -0.312 e. The maximum Gasteiger partial charge on any atom is 0.389 e. The number of carbonyl (C=O) groups is 1. The van der Waals surface area contributed by atoms with E-state index < -0.39 is 19.0 Å². The predicted octanol–water partition coefficient (Wildman–Crippen LogP) is 2.02. The van der Waals surface area contributed by atoms with Crippen LogP contribution < -0.4 is 11.2 Å². The summed E-state index contributed by atoms with van der Waals surface area (Å²) < 4.78 is 34.9. The summed E-state index contributed by atoms with van der Waals surface area (Å²) in [6.07, 6.45) is -0.262. The van der Waals surface area contributed by atoms with Crippen LogP contribution in [-0.2, 0) is 4.79 Å². The SMILES string of the molecule is C=Nn1cccc(C2=CCN(C)CC2)/c1=N/CN.O=CCCC(F)(F)F. The van der Waals surface area contributed by atoms with E-state index in [1.807, 2.05) is 12.3 Å². The van der Waals surface area contributed by atoms with E-state index in [-0.39, 0.29) is 13.0 Å². The molecule has 0 aromatic carbocycles. The highest BCUT2D eigenvalue weighted by atomic mass is 19.4. The first-order valence-electron chi connectivity index (χ1n) is 8.10. The van der Waals surface area contributed by atoms with Gasteiger partial charge in [-0.25, -0.2) is 4.68 Å². The quantitative estimate of drug-likeness (QED) is 0.636. The highest BCUT2D eigenvalue weighted by Crippen LogP contribution is 2.20. The van der Waals surface area contributed by atoms with Crippen LogP contribution in [0.1, 0.15) is 24.8 Å². The van der Waals surface area contributed by atoms with Gasteiger partial charge in [0.1, 0.15) is 6.29 Å². The molecule has 1 aromatic heterocycles. The minimum absolute atomic E-state index is 0.250. The van der Waals surface area contributed by atoms with Gasteiger partial charge in [0.2, 0.25) is 0 Å². The van der Waals surface area contributed by atoms with Gasteiger partial charge in [-0.1, -0.05) is 6.08 Å². The number of alkyl halides is 3. The van der Waals surface area contributed by atoms with Gasteiger partial charge in [0.05, 0.1) is 13.1 Å². The number of aldehydes is 1. The van der Waals surface area contributed by atoms with Crippen molar-refractivity contribution in [1.29, 1.82) is 0 Å². The van der Waals surface area contributed by atoms with Crippen molar-refractivity contribution in [2.75, 3.05) is 26.8 Å². The Bertz CT molecular complexity index is 694. The van der Waals surface area contributed by atoms with Crippen molar-refractivity contribution in [2.24, 2.45) is 15.8 Å². The highest BCUT2D eigenvalue weighted by Gasteiger charge is 2.25. The van der Waals surface area contributed by atoms with Crippen molar-refractivity contribution in [3.8, 4) is 0 Å². The van der Waals surface area contributed by atoms with Gasteiger partial charge in [-0.2, -0.15) is 18.3 Å². The molecule has 0 bridgehead atoms. The molecule has 1 aliphatic heterocycles. The first kappa shape index (κ1) is 21.8. The summed E-state index contributed by atoms with van der Waals surface area (Å²) in [4.78, 5) is 16.0. The molecule has 0 unspecified atom stereocenters. The van der Waals surface area contributed by atoms with Crippen molar-refractivity contribution < 1.29 is 18.0 Å².